The molecule has 0 bridgehead atoms. The fraction of sp³-hybridized carbons (Fsp3) is 0.462. The molecule has 102 valence electrons. The predicted molar refractivity (Wildman–Crippen MR) is 68.8 cm³/mol. The number of anilines is 1. The second-order valence-corrected chi connectivity index (χ2v) is 4.36. The molecule has 2 amide bonds. The number of urea groups is 1. The lowest BCUT2D eigenvalue weighted by Gasteiger charge is -2.28. The van der Waals surface area contributed by atoms with Crippen LogP contribution in [0.5, 0.6) is 11.5 Å². The maximum Gasteiger partial charge on any atom is 0.322 e. The third-order valence-electron chi connectivity index (χ3n) is 3.11. The molecular weight excluding hydrogens is 248 g/mol. The van der Waals surface area contributed by atoms with E-state index in [0.29, 0.717) is 56.7 Å². The summed E-state index contributed by atoms with van der Waals surface area (Å²) in [4.78, 5) is 13.8. The van der Waals surface area contributed by atoms with Crippen LogP contribution in [0.2, 0.25) is 0 Å². The number of rotatable bonds is 1. The van der Waals surface area contributed by atoms with E-state index in [2.05, 4.69) is 5.32 Å². The van der Waals surface area contributed by atoms with Crippen molar-refractivity contribution in [3.63, 3.8) is 0 Å². The van der Waals surface area contributed by atoms with Gasteiger partial charge in [-0.25, -0.2) is 4.79 Å². The Morgan fingerprint density at radius 1 is 1.11 bits per heavy atom. The van der Waals surface area contributed by atoms with Gasteiger partial charge in [-0.3, -0.25) is 0 Å². The SMILES string of the molecule is O=C(Nc1cccc2c1OCCO2)N1CCOCC1. The smallest absolute Gasteiger partial charge is 0.322 e. The Bertz CT molecular complexity index is 472. The summed E-state index contributed by atoms with van der Waals surface area (Å²) in [6.07, 6.45) is 0. The van der Waals surface area contributed by atoms with Gasteiger partial charge in [0, 0.05) is 13.1 Å². The summed E-state index contributed by atoms with van der Waals surface area (Å²) in [6, 6.07) is 5.35. The van der Waals surface area contributed by atoms with Gasteiger partial charge in [-0.1, -0.05) is 6.07 Å². The first-order valence-corrected chi connectivity index (χ1v) is 6.37. The number of nitrogens with zero attached hydrogens (tertiary/aromatic N) is 1. The van der Waals surface area contributed by atoms with E-state index in [1.807, 2.05) is 18.2 Å². The van der Waals surface area contributed by atoms with E-state index in [-0.39, 0.29) is 6.03 Å². The molecule has 0 unspecified atom stereocenters. The molecule has 0 saturated carbocycles. The normalized spacial score (nSPS) is 18.0. The van der Waals surface area contributed by atoms with Gasteiger partial charge in [0.05, 0.1) is 18.9 Å². The monoisotopic (exact) mass is 264 g/mol. The molecule has 1 saturated heterocycles. The minimum Gasteiger partial charge on any atom is -0.486 e. The second kappa shape index (κ2) is 5.36. The highest BCUT2D eigenvalue weighted by atomic mass is 16.6. The van der Waals surface area contributed by atoms with Crippen LogP contribution in [-0.4, -0.2) is 50.4 Å². The second-order valence-electron chi connectivity index (χ2n) is 4.36. The molecule has 6 heteroatoms. The molecule has 2 aliphatic heterocycles. The first-order valence-electron chi connectivity index (χ1n) is 6.37. The van der Waals surface area contributed by atoms with Crippen LogP contribution in [0.1, 0.15) is 0 Å². The fourth-order valence-electron chi connectivity index (χ4n) is 2.13. The number of carbonyl (C=O) groups is 1. The summed E-state index contributed by atoms with van der Waals surface area (Å²) in [5.74, 6) is 1.28. The zero-order valence-corrected chi connectivity index (χ0v) is 10.6. The standard InChI is InChI=1S/C13H16N2O4/c16-13(15-4-6-17-7-5-15)14-10-2-1-3-11-12(10)19-9-8-18-11/h1-3H,4-9H2,(H,14,16). The maximum atomic E-state index is 12.1. The number of hydrogen-bond acceptors (Lipinski definition) is 4. The van der Waals surface area contributed by atoms with Crippen LogP contribution in [0.25, 0.3) is 0 Å². The number of amides is 2. The quantitative estimate of drug-likeness (QED) is 0.831. The molecule has 2 heterocycles. The van der Waals surface area contributed by atoms with E-state index >= 15 is 0 Å². The summed E-state index contributed by atoms with van der Waals surface area (Å²) >= 11 is 0. The van der Waals surface area contributed by atoms with Gasteiger partial charge in [-0.2, -0.15) is 0 Å². The third kappa shape index (κ3) is 2.58. The van der Waals surface area contributed by atoms with Crippen molar-refractivity contribution in [3.05, 3.63) is 18.2 Å². The molecule has 0 aromatic heterocycles. The zero-order valence-electron chi connectivity index (χ0n) is 10.6. The summed E-state index contributed by atoms with van der Waals surface area (Å²) in [5, 5.41) is 2.87. The Balaban J connectivity index is 1.74. The van der Waals surface area contributed by atoms with Gasteiger partial charge >= 0.3 is 6.03 Å². The predicted octanol–water partition coefficient (Wildman–Crippen LogP) is 1.32. The Labute approximate surface area is 111 Å². The highest BCUT2D eigenvalue weighted by Crippen LogP contribution is 2.37. The van der Waals surface area contributed by atoms with Crippen LogP contribution in [0.15, 0.2) is 18.2 Å². The average Bonchev–Trinajstić information content (AvgIpc) is 2.48. The van der Waals surface area contributed by atoms with Crippen molar-refractivity contribution >= 4 is 11.7 Å². The van der Waals surface area contributed by atoms with Crippen LogP contribution in [0, 0.1) is 0 Å². The molecule has 1 fully saturated rings. The highest BCUT2D eigenvalue weighted by Gasteiger charge is 2.21. The average molecular weight is 264 g/mol. The van der Waals surface area contributed by atoms with Crippen molar-refractivity contribution in [2.75, 3.05) is 44.8 Å². The molecule has 6 nitrogen and oxygen atoms in total. The molecule has 1 aromatic carbocycles. The number of ether oxygens (including phenoxy) is 3. The van der Waals surface area contributed by atoms with Gasteiger partial charge in [-0.05, 0) is 12.1 Å². The number of hydrogen-bond donors (Lipinski definition) is 1. The van der Waals surface area contributed by atoms with Gasteiger partial charge in [0.15, 0.2) is 11.5 Å². The van der Waals surface area contributed by atoms with Crippen LogP contribution in [0.3, 0.4) is 0 Å². The number of fused-ring (bicyclic) bond motifs is 1. The van der Waals surface area contributed by atoms with E-state index < -0.39 is 0 Å². The maximum absolute atomic E-state index is 12.1. The van der Waals surface area contributed by atoms with Crippen molar-refractivity contribution in [2.45, 2.75) is 0 Å². The van der Waals surface area contributed by atoms with Gasteiger partial charge in [0.1, 0.15) is 13.2 Å². The first-order chi connectivity index (χ1) is 9.34. The lowest BCUT2D eigenvalue weighted by atomic mass is 10.2. The largest absolute Gasteiger partial charge is 0.486 e. The van der Waals surface area contributed by atoms with Crippen molar-refractivity contribution in [1.29, 1.82) is 0 Å². The zero-order chi connectivity index (χ0) is 13.1. The number of morpholine rings is 1. The van der Waals surface area contributed by atoms with Crippen LogP contribution in [0.4, 0.5) is 10.5 Å². The van der Waals surface area contributed by atoms with Crippen molar-refractivity contribution in [2.24, 2.45) is 0 Å². The molecule has 0 aliphatic carbocycles. The summed E-state index contributed by atoms with van der Waals surface area (Å²) in [6.45, 7) is 3.42. The third-order valence-corrected chi connectivity index (χ3v) is 3.11. The number of nitrogens with one attached hydrogen (secondary N) is 1. The summed E-state index contributed by atoms with van der Waals surface area (Å²) in [5.41, 5.74) is 0.647. The number of carbonyl (C=O) groups excluding carboxylic acids is 1. The van der Waals surface area contributed by atoms with Crippen molar-refractivity contribution < 1.29 is 19.0 Å². The van der Waals surface area contributed by atoms with Gasteiger partial charge in [0.2, 0.25) is 0 Å². The fourth-order valence-corrected chi connectivity index (χ4v) is 2.13. The molecule has 0 spiro atoms. The summed E-state index contributed by atoms with van der Waals surface area (Å²) < 4.78 is 16.3. The lowest BCUT2D eigenvalue weighted by molar-refractivity contribution is 0.0564. The molecule has 0 atom stereocenters. The van der Waals surface area contributed by atoms with Crippen molar-refractivity contribution in [1.82, 2.24) is 4.90 Å². The van der Waals surface area contributed by atoms with Gasteiger partial charge in [0.25, 0.3) is 0 Å². The Kier molecular flexibility index (Phi) is 3.41. The van der Waals surface area contributed by atoms with Gasteiger partial charge in [-0.15, -0.1) is 0 Å². The first kappa shape index (κ1) is 12.1. The van der Waals surface area contributed by atoms with E-state index in [1.165, 1.54) is 0 Å². The topological polar surface area (TPSA) is 60.0 Å². The summed E-state index contributed by atoms with van der Waals surface area (Å²) in [7, 11) is 0. The van der Waals surface area contributed by atoms with E-state index in [0.717, 1.165) is 0 Å². The van der Waals surface area contributed by atoms with Crippen LogP contribution in [-0.2, 0) is 4.74 Å². The minimum absolute atomic E-state index is 0.133. The van der Waals surface area contributed by atoms with Gasteiger partial charge < -0.3 is 24.4 Å². The molecule has 1 N–H and O–H groups in total. The lowest BCUT2D eigenvalue weighted by Crippen LogP contribution is -2.43. The molecule has 3 rings (SSSR count). The molecule has 19 heavy (non-hydrogen) atoms. The Hall–Kier alpha value is -1.95. The molecular formula is C13H16N2O4. The molecule has 0 radical (unpaired) electrons. The van der Waals surface area contributed by atoms with Crippen LogP contribution >= 0.6 is 0 Å². The van der Waals surface area contributed by atoms with E-state index in [4.69, 9.17) is 14.2 Å². The molecule has 1 aromatic rings. The number of benzene rings is 1. The van der Waals surface area contributed by atoms with E-state index in [9.17, 15) is 4.79 Å². The Morgan fingerprint density at radius 3 is 2.74 bits per heavy atom. The highest BCUT2D eigenvalue weighted by molar-refractivity contribution is 5.91. The Morgan fingerprint density at radius 2 is 1.89 bits per heavy atom. The number of para-hydroxylation sites is 1. The minimum atomic E-state index is -0.133. The van der Waals surface area contributed by atoms with Crippen LogP contribution < -0.4 is 14.8 Å². The van der Waals surface area contributed by atoms with Crippen molar-refractivity contribution in [3.8, 4) is 11.5 Å². The van der Waals surface area contributed by atoms with E-state index in [1.54, 1.807) is 4.90 Å². The molecule has 2 aliphatic rings.